The van der Waals surface area contributed by atoms with E-state index in [1.54, 1.807) is 0 Å². The summed E-state index contributed by atoms with van der Waals surface area (Å²) < 4.78 is 56.0. The summed E-state index contributed by atoms with van der Waals surface area (Å²) in [6.45, 7) is 2.20. The molecular formula is C22H22F4. The lowest BCUT2D eigenvalue weighted by molar-refractivity contribution is 0.308. The average molecular weight is 362 g/mol. The predicted octanol–water partition coefficient (Wildman–Crippen LogP) is 6.89. The van der Waals surface area contributed by atoms with Crippen LogP contribution in [0.25, 0.3) is 11.1 Å². The molecule has 2 aromatic rings. The molecule has 0 amide bonds. The van der Waals surface area contributed by atoms with Crippen molar-refractivity contribution in [1.29, 1.82) is 0 Å². The van der Waals surface area contributed by atoms with Gasteiger partial charge in [0.15, 0.2) is 17.5 Å². The van der Waals surface area contributed by atoms with Crippen molar-refractivity contribution in [2.75, 3.05) is 0 Å². The topological polar surface area (TPSA) is 0 Å². The van der Waals surface area contributed by atoms with Gasteiger partial charge in [0.2, 0.25) is 0 Å². The van der Waals surface area contributed by atoms with Gasteiger partial charge < -0.3 is 0 Å². The summed E-state index contributed by atoms with van der Waals surface area (Å²) in [4.78, 5) is 0. The predicted molar refractivity (Wildman–Crippen MR) is 94.1 cm³/mol. The van der Waals surface area contributed by atoms with Crippen molar-refractivity contribution in [2.45, 2.75) is 57.8 Å². The molecule has 0 unspecified atom stereocenters. The summed E-state index contributed by atoms with van der Waals surface area (Å²) in [6, 6.07) is 4.34. The van der Waals surface area contributed by atoms with Crippen LogP contribution >= 0.6 is 0 Å². The summed E-state index contributed by atoms with van der Waals surface area (Å²) in [7, 11) is 0. The molecular weight excluding hydrogens is 340 g/mol. The van der Waals surface area contributed by atoms with E-state index in [2.05, 4.69) is 6.92 Å². The van der Waals surface area contributed by atoms with Gasteiger partial charge in [-0.05, 0) is 66.3 Å². The van der Waals surface area contributed by atoms with Gasteiger partial charge in [-0.25, -0.2) is 17.6 Å². The molecule has 0 bridgehead atoms. The van der Waals surface area contributed by atoms with Crippen molar-refractivity contribution >= 4 is 0 Å². The second-order valence-electron chi connectivity index (χ2n) is 7.73. The van der Waals surface area contributed by atoms with Crippen LogP contribution in [0.15, 0.2) is 18.2 Å². The van der Waals surface area contributed by atoms with E-state index in [1.165, 1.54) is 18.9 Å². The van der Waals surface area contributed by atoms with Crippen molar-refractivity contribution < 1.29 is 17.6 Å². The van der Waals surface area contributed by atoms with Crippen LogP contribution < -0.4 is 0 Å². The Labute approximate surface area is 151 Å². The molecule has 2 aliphatic rings. The second-order valence-corrected chi connectivity index (χ2v) is 7.73. The Morgan fingerprint density at radius 2 is 1.62 bits per heavy atom. The fourth-order valence-corrected chi connectivity index (χ4v) is 4.78. The van der Waals surface area contributed by atoms with E-state index in [1.807, 2.05) is 6.07 Å². The highest BCUT2D eigenvalue weighted by Gasteiger charge is 2.30. The van der Waals surface area contributed by atoms with Gasteiger partial charge >= 0.3 is 0 Å². The molecule has 4 heteroatoms. The van der Waals surface area contributed by atoms with Gasteiger partial charge in [-0.3, -0.25) is 0 Å². The zero-order valence-corrected chi connectivity index (χ0v) is 14.8. The van der Waals surface area contributed by atoms with E-state index in [0.29, 0.717) is 11.5 Å². The number of halogens is 4. The molecule has 0 N–H and O–H groups in total. The molecule has 1 saturated carbocycles. The third-order valence-corrected chi connectivity index (χ3v) is 6.11. The second kappa shape index (κ2) is 6.71. The first-order chi connectivity index (χ1) is 12.5. The minimum atomic E-state index is -1.48. The minimum absolute atomic E-state index is 0.0570. The van der Waals surface area contributed by atoms with E-state index < -0.39 is 23.3 Å². The fraction of sp³-hybridized carbons (Fsp3) is 0.455. The third-order valence-electron chi connectivity index (χ3n) is 6.11. The lowest BCUT2D eigenvalue weighted by Gasteiger charge is -2.29. The maximum atomic E-state index is 14.8. The number of fused-ring (bicyclic) bond motifs is 3. The van der Waals surface area contributed by atoms with Crippen LogP contribution in [-0.4, -0.2) is 0 Å². The van der Waals surface area contributed by atoms with E-state index in [9.17, 15) is 17.6 Å². The first kappa shape index (κ1) is 17.6. The molecule has 0 spiro atoms. The van der Waals surface area contributed by atoms with Crippen molar-refractivity contribution in [3.8, 4) is 11.1 Å². The summed E-state index contributed by atoms with van der Waals surface area (Å²) in [5.74, 6) is -3.34. The monoisotopic (exact) mass is 362 g/mol. The van der Waals surface area contributed by atoms with Crippen LogP contribution in [-0.2, 0) is 6.42 Å². The van der Waals surface area contributed by atoms with Crippen molar-refractivity contribution in [2.24, 2.45) is 5.92 Å². The average Bonchev–Trinajstić information content (AvgIpc) is 3.00. The third kappa shape index (κ3) is 2.83. The van der Waals surface area contributed by atoms with E-state index in [-0.39, 0.29) is 23.1 Å². The Bertz CT molecular complexity index is 848. The zero-order chi connectivity index (χ0) is 18.4. The van der Waals surface area contributed by atoms with E-state index in [4.69, 9.17) is 0 Å². The number of rotatable bonds is 3. The Morgan fingerprint density at radius 1 is 0.885 bits per heavy atom. The number of hydrogen-bond acceptors (Lipinski definition) is 0. The number of benzene rings is 2. The molecule has 138 valence electrons. The SMILES string of the molecule is CCCC1CCC(c2cc(F)c3c(c2)Cc2c-3cc(F)c(F)c2F)CC1. The normalized spacial score (nSPS) is 21.6. The maximum Gasteiger partial charge on any atom is 0.194 e. The molecule has 4 rings (SSSR count). The maximum absolute atomic E-state index is 14.8. The molecule has 26 heavy (non-hydrogen) atoms. The van der Waals surface area contributed by atoms with Gasteiger partial charge in [0.05, 0.1) is 0 Å². The number of hydrogen-bond donors (Lipinski definition) is 0. The highest BCUT2D eigenvalue weighted by molar-refractivity contribution is 5.78. The Morgan fingerprint density at radius 3 is 2.31 bits per heavy atom. The Kier molecular flexibility index (Phi) is 4.54. The largest absolute Gasteiger partial charge is 0.206 e. The van der Waals surface area contributed by atoms with Gasteiger partial charge in [-0.1, -0.05) is 25.8 Å². The van der Waals surface area contributed by atoms with Crippen LogP contribution in [0.5, 0.6) is 0 Å². The van der Waals surface area contributed by atoms with Crippen molar-refractivity contribution in [3.63, 3.8) is 0 Å². The van der Waals surface area contributed by atoms with Gasteiger partial charge in [0.1, 0.15) is 5.82 Å². The summed E-state index contributed by atoms with van der Waals surface area (Å²) in [5, 5.41) is 0. The molecule has 0 aliphatic heterocycles. The van der Waals surface area contributed by atoms with Gasteiger partial charge in [0.25, 0.3) is 0 Å². The molecule has 2 aliphatic carbocycles. The quantitative estimate of drug-likeness (QED) is 0.352. The molecule has 0 nitrogen and oxygen atoms in total. The van der Waals surface area contributed by atoms with Gasteiger partial charge in [0, 0.05) is 17.5 Å². The molecule has 0 radical (unpaired) electrons. The Balaban J connectivity index is 1.65. The summed E-state index contributed by atoms with van der Waals surface area (Å²) >= 11 is 0. The van der Waals surface area contributed by atoms with Crippen LogP contribution in [0.4, 0.5) is 17.6 Å². The molecule has 0 saturated heterocycles. The van der Waals surface area contributed by atoms with Crippen LogP contribution in [0.3, 0.4) is 0 Å². The Hall–Kier alpha value is -1.84. The summed E-state index contributed by atoms with van der Waals surface area (Å²) in [5.41, 5.74) is 2.00. The lowest BCUT2D eigenvalue weighted by Crippen LogP contribution is -2.13. The van der Waals surface area contributed by atoms with Gasteiger partial charge in [-0.15, -0.1) is 0 Å². The summed E-state index contributed by atoms with van der Waals surface area (Å²) in [6.07, 6.45) is 6.94. The van der Waals surface area contributed by atoms with Crippen LogP contribution in [0.2, 0.25) is 0 Å². The first-order valence-corrected chi connectivity index (χ1v) is 9.48. The minimum Gasteiger partial charge on any atom is -0.206 e. The molecule has 1 fully saturated rings. The van der Waals surface area contributed by atoms with Gasteiger partial charge in [-0.2, -0.15) is 0 Å². The van der Waals surface area contributed by atoms with E-state index in [0.717, 1.165) is 43.2 Å². The zero-order valence-electron chi connectivity index (χ0n) is 14.8. The highest BCUT2D eigenvalue weighted by Crippen LogP contribution is 2.44. The highest BCUT2D eigenvalue weighted by atomic mass is 19.2. The first-order valence-electron chi connectivity index (χ1n) is 9.48. The smallest absolute Gasteiger partial charge is 0.194 e. The fourth-order valence-electron chi connectivity index (χ4n) is 4.78. The van der Waals surface area contributed by atoms with Crippen LogP contribution in [0.1, 0.15) is 68.1 Å². The van der Waals surface area contributed by atoms with Crippen LogP contribution in [0, 0.1) is 29.2 Å². The molecule has 0 atom stereocenters. The van der Waals surface area contributed by atoms with Crippen molar-refractivity contribution in [3.05, 3.63) is 58.2 Å². The van der Waals surface area contributed by atoms with E-state index >= 15 is 0 Å². The molecule has 0 heterocycles. The van der Waals surface area contributed by atoms with Crippen molar-refractivity contribution in [1.82, 2.24) is 0 Å². The molecule has 0 aromatic heterocycles. The lowest BCUT2D eigenvalue weighted by atomic mass is 9.77. The molecule has 2 aromatic carbocycles. The standard InChI is InChI=1S/C22H22F4/c1-2-3-12-4-6-13(7-5-12)14-8-15-9-17-16(20(15)18(23)10-14)11-19(24)22(26)21(17)25/h8,10-13H,2-7,9H2,1H3.